The summed E-state index contributed by atoms with van der Waals surface area (Å²) in [4.78, 5) is 13.4. The Morgan fingerprint density at radius 3 is 2.82 bits per heavy atom. The highest BCUT2D eigenvalue weighted by Crippen LogP contribution is 2.06. The fourth-order valence-electron chi connectivity index (χ4n) is 1.26. The first-order chi connectivity index (χ1) is 8.08. The lowest BCUT2D eigenvalue weighted by Gasteiger charge is -2.10. The van der Waals surface area contributed by atoms with E-state index < -0.39 is 0 Å². The molecule has 2 N–H and O–H groups in total. The number of carbonyl (C=O) groups excluding carboxylic acids is 1. The quantitative estimate of drug-likeness (QED) is 0.724. The third-order valence-electron chi connectivity index (χ3n) is 2.17. The Bertz CT molecular complexity index is 349. The minimum Gasteiger partial charge on any atom is -0.367 e. The van der Waals surface area contributed by atoms with Crippen LogP contribution in [0.2, 0.25) is 0 Å². The van der Waals surface area contributed by atoms with Gasteiger partial charge in [0.25, 0.3) is 0 Å². The van der Waals surface area contributed by atoms with Crippen LogP contribution < -0.4 is 10.6 Å². The van der Waals surface area contributed by atoms with Crippen LogP contribution in [0.5, 0.6) is 0 Å². The van der Waals surface area contributed by atoms with E-state index in [-0.39, 0.29) is 5.91 Å². The number of nitrogens with one attached hydrogen (secondary N) is 2. The van der Waals surface area contributed by atoms with Crippen molar-refractivity contribution in [1.82, 2.24) is 15.4 Å². The number of aryl methyl sites for hydroxylation is 1. The van der Waals surface area contributed by atoms with Crippen LogP contribution in [0.4, 0.5) is 5.82 Å². The molecule has 0 fully saturated rings. The first-order valence-corrected chi connectivity index (χ1v) is 5.66. The van der Waals surface area contributed by atoms with E-state index in [2.05, 4.69) is 15.8 Å². The molecule has 0 aliphatic rings. The SMILES string of the molecule is Cc1cc(NCCC(=O)NCCN(C)C)no1. The predicted octanol–water partition coefficient (Wildman–Crippen LogP) is 0.463. The van der Waals surface area contributed by atoms with Crippen molar-refractivity contribution in [3.63, 3.8) is 0 Å². The largest absolute Gasteiger partial charge is 0.367 e. The maximum Gasteiger partial charge on any atom is 0.221 e. The van der Waals surface area contributed by atoms with Gasteiger partial charge in [0.15, 0.2) is 5.82 Å². The number of hydrogen-bond acceptors (Lipinski definition) is 5. The third kappa shape index (κ3) is 5.91. The van der Waals surface area contributed by atoms with E-state index in [9.17, 15) is 4.79 Å². The van der Waals surface area contributed by atoms with Gasteiger partial charge >= 0.3 is 0 Å². The second-order valence-electron chi connectivity index (χ2n) is 4.15. The third-order valence-corrected chi connectivity index (χ3v) is 2.17. The highest BCUT2D eigenvalue weighted by molar-refractivity contribution is 5.76. The Hall–Kier alpha value is -1.56. The first-order valence-electron chi connectivity index (χ1n) is 5.66. The van der Waals surface area contributed by atoms with Gasteiger partial charge in [-0.1, -0.05) is 5.16 Å². The zero-order chi connectivity index (χ0) is 12.7. The van der Waals surface area contributed by atoms with Crippen LogP contribution in [-0.2, 0) is 4.79 Å². The summed E-state index contributed by atoms with van der Waals surface area (Å²) in [5, 5.41) is 9.63. The number of anilines is 1. The summed E-state index contributed by atoms with van der Waals surface area (Å²) in [6.45, 7) is 3.91. The van der Waals surface area contributed by atoms with Crippen molar-refractivity contribution in [2.45, 2.75) is 13.3 Å². The topological polar surface area (TPSA) is 70.4 Å². The van der Waals surface area contributed by atoms with Crippen molar-refractivity contribution in [3.05, 3.63) is 11.8 Å². The molecule has 0 atom stereocenters. The Balaban J connectivity index is 2.08. The van der Waals surface area contributed by atoms with E-state index in [0.29, 0.717) is 25.3 Å². The molecule has 0 radical (unpaired) electrons. The van der Waals surface area contributed by atoms with Crippen molar-refractivity contribution in [2.75, 3.05) is 39.0 Å². The maximum atomic E-state index is 11.4. The highest BCUT2D eigenvalue weighted by Gasteiger charge is 2.02. The second-order valence-corrected chi connectivity index (χ2v) is 4.15. The first kappa shape index (κ1) is 13.5. The average molecular weight is 240 g/mol. The summed E-state index contributed by atoms with van der Waals surface area (Å²) in [5.41, 5.74) is 0. The molecular weight excluding hydrogens is 220 g/mol. The zero-order valence-electron chi connectivity index (χ0n) is 10.6. The van der Waals surface area contributed by atoms with Crippen LogP contribution in [-0.4, -0.2) is 49.7 Å². The van der Waals surface area contributed by atoms with Crippen LogP contribution >= 0.6 is 0 Å². The number of nitrogens with zero attached hydrogens (tertiary/aromatic N) is 2. The Kier molecular flexibility index (Phi) is 5.48. The minimum atomic E-state index is 0.0413. The van der Waals surface area contributed by atoms with Crippen molar-refractivity contribution in [3.8, 4) is 0 Å². The van der Waals surface area contributed by atoms with Gasteiger partial charge in [0.05, 0.1) is 0 Å². The molecule has 0 saturated carbocycles. The summed E-state index contributed by atoms with van der Waals surface area (Å²) < 4.78 is 4.89. The number of hydrogen-bond donors (Lipinski definition) is 2. The molecular formula is C11H20N4O2. The standard InChI is InChI=1S/C11H20N4O2/c1-9-8-10(14-17-9)12-5-4-11(16)13-6-7-15(2)3/h8H,4-7H2,1-3H3,(H,12,14)(H,13,16). The van der Waals surface area contributed by atoms with Gasteiger partial charge in [-0.3, -0.25) is 4.79 Å². The Morgan fingerprint density at radius 1 is 1.47 bits per heavy atom. The average Bonchev–Trinajstić information content (AvgIpc) is 2.63. The summed E-state index contributed by atoms with van der Waals surface area (Å²) in [5.74, 6) is 1.46. The number of aromatic nitrogens is 1. The summed E-state index contributed by atoms with van der Waals surface area (Å²) in [7, 11) is 3.95. The fraction of sp³-hybridized carbons (Fsp3) is 0.636. The molecule has 0 spiro atoms. The molecule has 0 aromatic carbocycles. The molecule has 96 valence electrons. The van der Waals surface area contributed by atoms with Crippen molar-refractivity contribution in [1.29, 1.82) is 0 Å². The van der Waals surface area contributed by atoms with Gasteiger partial charge in [0.2, 0.25) is 5.91 Å². The highest BCUT2D eigenvalue weighted by atomic mass is 16.5. The van der Waals surface area contributed by atoms with Crippen LogP contribution in [0.15, 0.2) is 10.6 Å². The van der Waals surface area contributed by atoms with Gasteiger partial charge in [-0.2, -0.15) is 0 Å². The predicted molar refractivity (Wildman–Crippen MR) is 65.9 cm³/mol. The van der Waals surface area contributed by atoms with Crippen LogP contribution in [0.1, 0.15) is 12.2 Å². The number of rotatable bonds is 7. The maximum absolute atomic E-state index is 11.4. The molecule has 0 saturated heterocycles. The lowest BCUT2D eigenvalue weighted by molar-refractivity contribution is -0.120. The lowest BCUT2D eigenvalue weighted by Crippen LogP contribution is -2.32. The molecule has 17 heavy (non-hydrogen) atoms. The normalized spacial score (nSPS) is 10.6. The van der Waals surface area contributed by atoms with E-state index in [1.54, 1.807) is 6.07 Å². The van der Waals surface area contributed by atoms with E-state index in [0.717, 1.165) is 12.3 Å². The van der Waals surface area contributed by atoms with Crippen molar-refractivity contribution < 1.29 is 9.32 Å². The Labute approximate surface area is 101 Å². The van der Waals surface area contributed by atoms with Gasteiger partial charge in [-0.05, 0) is 21.0 Å². The van der Waals surface area contributed by atoms with Crippen LogP contribution in [0.3, 0.4) is 0 Å². The molecule has 0 unspecified atom stereocenters. The number of likely N-dealkylation sites (N-methyl/N-ethyl adjacent to an activating group) is 1. The summed E-state index contributed by atoms with van der Waals surface area (Å²) in [6, 6.07) is 1.80. The molecule has 1 heterocycles. The fourth-order valence-corrected chi connectivity index (χ4v) is 1.26. The summed E-state index contributed by atoms with van der Waals surface area (Å²) >= 11 is 0. The monoisotopic (exact) mass is 240 g/mol. The molecule has 6 heteroatoms. The van der Waals surface area contributed by atoms with Gasteiger partial charge in [0.1, 0.15) is 5.76 Å². The molecule has 1 aromatic rings. The van der Waals surface area contributed by atoms with E-state index >= 15 is 0 Å². The van der Waals surface area contributed by atoms with E-state index in [1.807, 2.05) is 25.9 Å². The minimum absolute atomic E-state index is 0.0413. The second kappa shape index (κ2) is 6.90. The number of amides is 1. The van der Waals surface area contributed by atoms with E-state index in [1.165, 1.54) is 0 Å². The van der Waals surface area contributed by atoms with Crippen LogP contribution in [0.25, 0.3) is 0 Å². The van der Waals surface area contributed by atoms with Crippen LogP contribution in [0, 0.1) is 6.92 Å². The Morgan fingerprint density at radius 2 is 2.24 bits per heavy atom. The number of carbonyl (C=O) groups is 1. The summed E-state index contributed by atoms with van der Waals surface area (Å²) in [6.07, 6.45) is 0.430. The molecule has 0 aliphatic heterocycles. The smallest absolute Gasteiger partial charge is 0.221 e. The zero-order valence-corrected chi connectivity index (χ0v) is 10.6. The van der Waals surface area contributed by atoms with Gasteiger partial charge in [-0.25, -0.2) is 0 Å². The van der Waals surface area contributed by atoms with Gasteiger partial charge in [0, 0.05) is 32.1 Å². The van der Waals surface area contributed by atoms with E-state index in [4.69, 9.17) is 4.52 Å². The molecule has 6 nitrogen and oxygen atoms in total. The van der Waals surface area contributed by atoms with Crippen molar-refractivity contribution in [2.24, 2.45) is 0 Å². The molecule has 1 aromatic heterocycles. The van der Waals surface area contributed by atoms with Gasteiger partial charge in [-0.15, -0.1) is 0 Å². The van der Waals surface area contributed by atoms with Gasteiger partial charge < -0.3 is 20.1 Å². The lowest BCUT2D eigenvalue weighted by atomic mass is 10.4. The molecule has 1 amide bonds. The molecule has 1 rings (SSSR count). The molecule has 0 aliphatic carbocycles. The molecule has 0 bridgehead atoms. The van der Waals surface area contributed by atoms with Crippen molar-refractivity contribution >= 4 is 11.7 Å².